The molecular weight excluding hydrogens is 280 g/mol. The summed E-state index contributed by atoms with van der Waals surface area (Å²) in [5.41, 5.74) is 1.96. The first-order chi connectivity index (χ1) is 10.7. The van der Waals surface area contributed by atoms with Gasteiger partial charge < -0.3 is 15.0 Å². The van der Waals surface area contributed by atoms with Gasteiger partial charge in [-0.1, -0.05) is 18.2 Å². The molecule has 1 saturated heterocycles. The number of nitrogens with one attached hydrogen (secondary N) is 1. The zero-order chi connectivity index (χ0) is 15.5. The molecule has 0 radical (unpaired) electrons. The van der Waals surface area contributed by atoms with Crippen LogP contribution in [0.3, 0.4) is 0 Å². The Labute approximate surface area is 129 Å². The Morgan fingerprint density at radius 2 is 2.14 bits per heavy atom. The van der Waals surface area contributed by atoms with Gasteiger partial charge in [-0.05, 0) is 19.1 Å². The number of ether oxygens (including phenoxy) is 1. The van der Waals surface area contributed by atoms with Crippen molar-refractivity contribution in [2.45, 2.75) is 13.0 Å². The fourth-order valence-electron chi connectivity index (χ4n) is 2.73. The van der Waals surface area contributed by atoms with Crippen LogP contribution in [0.4, 0.5) is 5.82 Å². The van der Waals surface area contributed by atoms with E-state index in [1.807, 2.05) is 48.0 Å². The number of piperazine rings is 1. The SMILES string of the molecule is COC(=O)C1CN(c2cc(C)nn2-c2ccccc2)CCN1. The third-order valence-electron chi connectivity index (χ3n) is 3.80. The molecule has 6 nitrogen and oxygen atoms in total. The fraction of sp³-hybridized carbons (Fsp3) is 0.375. The van der Waals surface area contributed by atoms with Crippen LogP contribution in [0.15, 0.2) is 36.4 Å². The number of esters is 1. The quantitative estimate of drug-likeness (QED) is 0.861. The normalized spacial score (nSPS) is 18.3. The van der Waals surface area contributed by atoms with Crippen molar-refractivity contribution in [2.75, 3.05) is 31.6 Å². The first-order valence-electron chi connectivity index (χ1n) is 7.37. The Morgan fingerprint density at radius 3 is 2.86 bits per heavy atom. The molecule has 1 aliphatic heterocycles. The van der Waals surface area contributed by atoms with Crippen molar-refractivity contribution in [3.05, 3.63) is 42.1 Å². The van der Waals surface area contributed by atoms with E-state index in [-0.39, 0.29) is 12.0 Å². The maximum absolute atomic E-state index is 11.8. The van der Waals surface area contributed by atoms with Gasteiger partial charge in [-0.15, -0.1) is 0 Å². The summed E-state index contributed by atoms with van der Waals surface area (Å²) < 4.78 is 6.77. The number of aromatic nitrogens is 2. The summed E-state index contributed by atoms with van der Waals surface area (Å²) in [6.45, 7) is 4.11. The molecule has 1 aromatic heterocycles. The third kappa shape index (κ3) is 2.82. The molecule has 1 N–H and O–H groups in total. The van der Waals surface area contributed by atoms with Crippen molar-refractivity contribution >= 4 is 11.8 Å². The lowest BCUT2D eigenvalue weighted by atomic mass is 10.2. The van der Waals surface area contributed by atoms with Crippen molar-refractivity contribution in [2.24, 2.45) is 0 Å². The molecule has 3 rings (SSSR count). The number of hydrogen-bond donors (Lipinski definition) is 1. The second-order valence-corrected chi connectivity index (χ2v) is 5.37. The van der Waals surface area contributed by atoms with Crippen molar-refractivity contribution < 1.29 is 9.53 Å². The molecule has 1 aromatic carbocycles. The maximum Gasteiger partial charge on any atom is 0.324 e. The van der Waals surface area contributed by atoms with Crippen LogP contribution in [0.2, 0.25) is 0 Å². The predicted molar refractivity (Wildman–Crippen MR) is 84.3 cm³/mol. The van der Waals surface area contributed by atoms with E-state index in [2.05, 4.69) is 15.3 Å². The Hall–Kier alpha value is -2.34. The molecule has 0 amide bonds. The number of para-hydroxylation sites is 1. The van der Waals surface area contributed by atoms with Gasteiger partial charge in [-0.3, -0.25) is 4.79 Å². The minimum Gasteiger partial charge on any atom is -0.468 e. The highest BCUT2D eigenvalue weighted by molar-refractivity contribution is 5.77. The molecule has 0 bridgehead atoms. The van der Waals surface area contributed by atoms with E-state index >= 15 is 0 Å². The Kier molecular flexibility index (Phi) is 4.11. The molecule has 0 spiro atoms. The summed E-state index contributed by atoms with van der Waals surface area (Å²) in [5.74, 6) is 0.770. The van der Waals surface area contributed by atoms with Crippen LogP contribution < -0.4 is 10.2 Å². The van der Waals surface area contributed by atoms with Gasteiger partial charge in [0.2, 0.25) is 0 Å². The summed E-state index contributed by atoms with van der Waals surface area (Å²) in [4.78, 5) is 13.9. The molecule has 1 unspecified atom stereocenters. The highest BCUT2D eigenvalue weighted by atomic mass is 16.5. The predicted octanol–water partition coefficient (Wildman–Crippen LogP) is 1.13. The highest BCUT2D eigenvalue weighted by Gasteiger charge is 2.28. The zero-order valence-electron chi connectivity index (χ0n) is 12.8. The smallest absolute Gasteiger partial charge is 0.324 e. The first-order valence-corrected chi connectivity index (χ1v) is 7.37. The van der Waals surface area contributed by atoms with Crippen LogP contribution in [0, 0.1) is 6.92 Å². The van der Waals surface area contributed by atoms with Gasteiger partial charge in [0.15, 0.2) is 0 Å². The summed E-state index contributed by atoms with van der Waals surface area (Å²) >= 11 is 0. The van der Waals surface area contributed by atoms with Gasteiger partial charge in [-0.2, -0.15) is 5.10 Å². The third-order valence-corrected chi connectivity index (χ3v) is 3.80. The molecule has 22 heavy (non-hydrogen) atoms. The largest absolute Gasteiger partial charge is 0.468 e. The average Bonchev–Trinajstić information content (AvgIpc) is 2.97. The number of methoxy groups -OCH3 is 1. The van der Waals surface area contributed by atoms with Crippen molar-refractivity contribution in [1.82, 2.24) is 15.1 Å². The second-order valence-electron chi connectivity index (χ2n) is 5.37. The van der Waals surface area contributed by atoms with E-state index in [0.717, 1.165) is 30.3 Å². The van der Waals surface area contributed by atoms with Gasteiger partial charge in [0.1, 0.15) is 11.9 Å². The summed E-state index contributed by atoms with van der Waals surface area (Å²) in [6, 6.07) is 11.8. The van der Waals surface area contributed by atoms with Gasteiger partial charge in [0, 0.05) is 25.7 Å². The standard InChI is InChI=1S/C16H20N4O2/c1-12-10-15(20(18-12)13-6-4-3-5-7-13)19-9-8-17-14(11-19)16(21)22-2/h3-7,10,14,17H,8-9,11H2,1-2H3. The zero-order valence-corrected chi connectivity index (χ0v) is 12.8. The molecule has 0 saturated carbocycles. The molecule has 2 aromatic rings. The number of carbonyl (C=O) groups excluding carboxylic acids is 1. The fourth-order valence-corrected chi connectivity index (χ4v) is 2.73. The lowest BCUT2D eigenvalue weighted by Crippen LogP contribution is -2.55. The number of carbonyl (C=O) groups is 1. The number of anilines is 1. The van der Waals surface area contributed by atoms with Crippen molar-refractivity contribution in [3.8, 4) is 5.69 Å². The molecular formula is C16H20N4O2. The minimum absolute atomic E-state index is 0.229. The number of nitrogens with zero attached hydrogens (tertiary/aromatic N) is 3. The van der Waals surface area contributed by atoms with Crippen LogP contribution in [0.5, 0.6) is 0 Å². The maximum atomic E-state index is 11.8. The monoisotopic (exact) mass is 300 g/mol. The number of aryl methyl sites for hydroxylation is 1. The van der Waals surface area contributed by atoms with E-state index < -0.39 is 0 Å². The second kappa shape index (κ2) is 6.19. The molecule has 1 aliphatic rings. The number of rotatable bonds is 3. The highest BCUT2D eigenvalue weighted by Crippen LogP contribution is 2.22. The van der Waals surface area contributed by atoms with Gasteiger partial charge in [0.05, 0.1) is 18.5 Å². The van der Waals surface area contributed by atoms with Crippen molar-refractivity contribution in [1.29, 1.82) is 0 Å². The van der Waals surface area contributed by atoms with E-state index in [1.165, 1.54) is 7.11 Å². The minimum atomic E-state index is -0.307. The van der Waals surface area contributed by atoms with Crippen LogP contribution >= 0.6 is 0 Å². The number of hydrogen-bond acceptors (Lipinski definition) is 5. The summed E-state index contributed by atoms with van der Waals surface area (Å²) in [5, 5.41) is 7.77. The lowest BCUT2D eigenvalue weighted by molar-refractivity contribution is -0.143. The van der Waals surface area contributed by atoms with E-state index in [0.29, 0.717) is 6.54 Å². The molecule has 1 fully saturated rings. The molecule has 0 aliphatic carbocycles. The lowest BCUT2D eigenvalue weighted by Gasteiger charge is -2.33. The van der Waals surface area contributed by atoms with Crippen LogP contribution in [-0.4, -0.2) is 48.5 Å². The van der Waals surface area contributed by atoms with Crippen molar-refractivity contribution in [3.63, 3.8) is 0 Å². The van der Waals surface area contributed by atoms with Crippen LogP contribution in [-0.2, 0) is 9.53 Å². The Balaban J connectivity index is 1.90. The average molecular weight is 300 g/mol. The van der Waals surface area contributed by atoms with Gasteiger partial charge >= 0.3 is 5.97 Å². The van der Waals surface area contributed by atoms with Crippen LogP contribution in [0.1, 0.15) is 5.69 Å². The molecule has 6 heteroatoms. The van der Waals surface area contributed by atoms with E-state index in [9.17, 15) is 4.79 Å². The van der Waals surface area contributed by atoms with E-state index in [4.69, 9.17) is 4.74 Å². The Bertz CT molecular complexity index is 653. The number of benzene rings is 1. The topological polar surface area (TPSA) is 59.4 Å². The summed E-state index contributed by atoms with van der Waals surface area (Å²) in [6.07, 6.45) is 0. The van der Waals surface area contributed by atoms with E-state index in [1.54, 1.807) is 0 Å². The van der Waals surface area contributed by atoms with Crippen LogP contribution in [0.25, 0.3) is 5.69 Å². The van der Waals surface area contributed by atoms with Gasteiger partial charge in [-0.25, -0.2) is 4.68 Å². The Morgan fingerprint density at radius 1 is 1.36 bits per heavy atom. The molecule has 2 heterocycles. The van der Waals surface area contributed by atoms with Gasteiger partial charge in [0.25, 0.3) is 0 Å². The molecule has 116 valence electrons. The molecule has 1 atom stereocenters. The summed E-state index contributed by atoms with van der Waals surface area (Å²) in [7, 11) is 1.42. The first kappa shape index (κ1) is 14.6.